The van der Waals surface area contributed by atoms with E-state index in [1.165, 1.54) is 0 Å². The number of fused-ring (bicyclic) bond motifs is 1. The zero-order valence-electron chi connectivity index (χ0n) is 8.13. The van der Waals surface area contributed by atoms with E-state index in [1.807, 2.05) is 19.1 Å². The Labute approximate surface area is 101 Å². The molecule has 0 amide bonds. The first-order valence-electron chi connectivity index (χ1n) is 4.68. The molecule has 0 aliphatic rings. The fourth-order valence-corrected chi connectivity index (χ4v) is 2.33. The van der Waals surface area contributed by atoms with Crippen LogP contribution in [0.2, 0.25) is 5.02 Å². The Balaban J connectivity index is 2.60. The lowest BCUT2D eigenvalue weighted by Crippen LogP contribution is -1.90. The van der Waals surface area contributed by atoms with Gasteiger partial charge < -0.3 is 9.52 Å². The third kappa shape index (κ3) is 2.05. The summed E-state index contributed by atoms with van der Waals surface area (Å²) in [7, 11) is 0. The van der Waals surface area contributed by atoms with Crippen LogP contribution in [0.1, 0.15) is 25.2 Å². The summed E-state index contributed by atoms with van der Waals surface area (Å²) in [5, 5.41) is 11.1. The topological polar surface area (TPSA) is 33.4 Å². The summed E-state index contributed by atoms with van der Waals surface area (Å²) in [5.74, 6) is 0.563. The van der Waals surface area contributed by atoms with Gasteiger partial charge in [-0.2, -0.15) is 0 Å². The average Bonchev–Trinajstić information content (AvgIpc) is 2.60. The van der Waals surface area contributed by atoms with Gasteiger partial charge in [0.1, 0.15) is 11.9 Å². The molecule has 1 heterocycles. The van der Waals surface area contributed by atoms with E-state index in [1.54, 1.807) is 6.07 Å². The first kappa shape index (κ1) is 11.0. The molecule has 0 aliphatic carbocycles. The van der Waals surface area contributed by atoms with E-state index in [2.05, 4.69) is 15.9 Å². The van der Waals surface area contributed by atoms with Gasteiger partial charge >= 0.3 is 0 Å². The lowest BCUT2D eigenvalue weighted by molar-refractivity contribution is 0.148. The van der Waals surface area contributed by atoms with Gasteiger partial charge in [-0.05, 0) is 24.6 Å². The molecule has 1 N–H and O–H groups in total. The van der Waals surface area contributed by atoms with Crippen LogP contribution in [0.25, 0.3) is 11.0 Å². The molecule has 2 rings (SSSR count). The molecule has 0 radical (unpaired) electrons. The molecule has 2 aromatic rings. The number of aliphatic hydroxyl groups is 1. The number of furan rings is 1. The van der Waals surface area contributed by atoms with Crippen molar-refractivity contribution in [1.29, 1.82) is 0 Å². The number of hydrogen-bond donors (Lipinski definition) is 1. The van der Waals surface area contributed by atoms with E-state index in [-0.39, 0.29) is 0 Å². The first-order valence-corrected chi connectivity index (χ1v) is 5.85. The molecule has 1 aromatic carbocycles. The van der Waals surface area contributed by atoms with E-state index < -0.39 is 6.10 Å². The van der Waals surface area contributed by atoms with E-state index in [9.17, 15) is 5.11 Å². The summed E-state index contributed by atoms with van der Waals surface area (Å²) >= 11 is 9.38. The van der Waals surface area contributed by atoms with Crippen molar-refractivity contribution in [2.45, 2.75) is 19.4 Å². The molecule has 0 saturated heterocycles. The highest BCUT2D eigenvalue weighted by atomic mass is 79.9. The summed E-state index contributed by atoms with van der Waals surface area (Å²) in [6.07, 6.45) is 0.0609. The van der Waals surface area contributed by atoms with Crippen LogP contribution < -0.4 is 0 Å². The van der Waals surface area contributed by atoms with E-state index in [4.69, 9.17) is 16.0 Å². The number of benzene rings is 1. The highest BCUT2D eigenvalue weighted by Gasteiger charge is 2.13. The fraction of sp³-hybridized carbons (Fsp3) is 0.273. The first-order chi connectivity index (χ1) is 7.11. The minimum absolute atomic E-state index is 0.550. The Bertz CT molecular complexity index is 493. The lowest BCUT2D eigenvalue weighted by atomic mass is 10.2. The minimum Gasteiger partial charge on any atom is -0.457 e. The molecular formula is C11H10BrClO2. The van der Waals surface area contributed by atoms with Crippen LogP contribution >= 0.6 is 27.5 Å². The Morgan fingerprint density at radius 1 is 1.47 bits per heavy atom. The second-order valence-corrected chi connectivity index (χ2v) is 4.70. The molecule has 4 heteroatoms. The monoisotopic (exact) mass is 288 g/mol. The molecule has 0 aliphatic heterocycles. The van der Waals surface area contributed by atoms with Crippen LogP contribution in [0.5, 0.6) is 0 Å². The van der Waals surface area contributed by atoms with Crippen LogP contribution in [-0.4, -0.2) is 5.11 Å². The molecule has 1 atom stereocenters. The molecule has 0 fully saturated rings. The predicted molar refractivity (Wildman–Crippen MR) is 64.2 cm³/mol. The normalized spacial score (nSPS) is 13.3. The van der Waals surface area contributed by atoms with Crippen LogP contribution in [0, 0.1) is 0 Å². The van der Waals surface area contributed by atoms with Gasteiger partial charge in [0.25, 0.3) is 0 Å². The van der Waals surface area contributed by atoms with Crippen molar-refractivity contribution in [3.05, 3.63) is 33.5 Å². The summed E-state index contributed by atoms with van der Waals surface area (Å²) in [4.78, 5) is 0. The predicted octanol–water partition coefficient (Wildman–Crippen LogP) is 4.29. The van der Waals surface area contributed by atoms with Crippen molar-refractivity contribution in [1.82, 2.24) is 0 Å². The fourth-order valence-electron chi connectivity index (χ4n) is 1.46. The van der Waals surface area contributed by atoms with Crippen molar-refractivity contribution < 1.29 is 9.52 Å². The van der Waals surface area contributed by atoms with E-state index >= 15 is 0 Å². The van der Waals surface area contributed by atoms with E-state index in [0.717, 1.165) is 9.86 Å². The van der Waals surface area contributed by atoms with Crippen molar-refractivity contribution in [2.24, 2.45) is 0 Å². The molecule has 1 unspecified atom stereocenters. The van der Waals surface area contributed by atoms with Gasteiger partial charge in [-0.1, -0.05) is 34.5 Å². The highest BCUT2D eigenvalue weighted by Crippen LogP contribution is 2.33. The van der Waals surface area contributed by atoms with Gasteiger partial charge in [0, 0.05) is 9.86 Å². The van der Waals surface area contributed by atoms with Crippen LogP contribution in [0.15, 0.2) is 27.1 Å². The van der Waals surface area contributed by atoms with Gasteiger partial charge in [-0.25, -0.2) is 0 Å². The minimum atomic E-state index is -0.563. The maximum atomic E-state index is 9.64. The SMILES string of the molecule is CCC(O)c1cc2cc(Br)cc(Cl)c2o1. The Morgan fingerprint density at radius 2 is 2.20 bits per heavy atom. The number of aliphatic hydroxyl groups excluding tert-OH is 1. The zero-order chi connectivity index (χ0) is 11.0. The molecule has 15 heavy (non-hydrogen) atoms. The molecule has 0 spiro atoms. The third-order valence-corrected chi connectivity index (χ3v) is 3.01. The van der Waals surface area contributed by atoms with Crippen LogP contribution in [-0.2, 0) is 0 Å². The van der Waals surface area contributed by atoms with E-state index in [0.29, 0.717) is 22.8 Å². The second kappa shape index (κ2) is 4.16. The Hall–Kier alpha value is -0.510. The standard InChI is InChI=1S/C11H10BrClO2/c1-2-9(14)10-4-6-3-7(12)5-8(13)11(6)15-10/h3-5,9,14H,2H2,1H3. The van der Waals surface area contributed by atoms with Crippen LogP contribution in [0.3, 0.4) is 0 Å². The maximum Gasteiger partial charge on any atom is 0.153 e. The van der Waals surface area contributed by atoms with Gasteiger partial charge in [-0.3, -0.25) is 0 Å². The van der Waals surface area contributed by atoms with Gasteiger partial charge in [0.2, 0.25) is 0 Å². The maximum absolute atomic E-state index is 9.64. The van der Waals surface area contributed by atoms with Crippen molar-refractivity contribution in [3.63, 3.8) is 0 Å². The number of rotatable bonds is 2. The quantitative estimate of drug-likeness (QED) is 0.894. The molecule has 80 valence electrons. The lowest BCUT2D eigenvalue weighted by Gasteiger charge is -2.01. The second-order valence-electron chi connectivity index (χ2n) is 3.38. The zero-order valence-corrected chi connectivity index (χ0v) is 10.5. The van der Waals surface area contributed by atoms with Crippen molar-refractivity contribution in [3.8, 4) is 0 Å². The summed E-state index contributed by atoms with van der Waals surface area (Å²) < 4.78 is 6.40. The molecular weight excluding hydrogens is 279 g/mol. The average molecular weight is 290 g/mol. The number of halogens is 2. The molecule has 0 saturated carbocycles. The molecule has 1 aromatic heterocycles. The van der Waals surface area contributed by atoms with Gasteiger partial charge in [0.15, 0.2) is 5.58 Å². The van der Waals surface area contributed by atoms with Gasteiger partial charge in [-0.15, -0.1) is 0 Å². The largest absolute Gasteiger partial charge is 0.457 e. The number of hydrogen-bond acceptors (Lipinski definition) is 2. The highest BCUT2D eigenvalue weighted by molar-refractivity contribution is 9.10. The van der Waals surface area contributed by atoms with Crippen molar-refractivity contribution in [2.75, 3.05) is 0 Å². The molecule has 2 nitrogen and oxygen atoms in total. The summed E-state index contributed by atoms with van der Waals surface area (Å²) in [5.41, 5.74) is 0.627. The van der Waals surface area contributed by atoms with Crippen LogP contribution in [0.4, 0.5) is 0 Å². The van der Waals surface area contributed by atoms with Crippen molar-refractivity contribution >= 4 is 38.5 Å². The Kier molecular flexibility index (Phi) is 3.05. The Morgan fingerprint density at radius 3 is 2.87 bits per heavy atom. The molecule has 0 bridgehead atoms. The summed E-state index contributed by atoms with van der Waals surface area (Å²) in [6, 6.07) is 5.51. The summed E-state index contributed by atoms with van der Waals surface area (Å²) in [6.45, 7) is 1.90. The smallest absolute Gasteiger partial charge is 0.153 e. The third-order valence-electron chi connectivity index (χ3n) is 2.27. The van der Waals surface area contributed by atoms with Gasteiger partial charge in [0.05, 0.1) is 5.02 Å².